The Bertz CT molecular complexity index is 1190. The van der Waals surface area contributed by atoms with E-state index >= 15 is 0 Å². The summed E-state index contributed by atoms with van der Waals surface area (Å²) in [6.45, 7) is 1.97. The maximum absolute atomic E-state index is 12.5. The quantitative estimate of drug-likeness (QED) is 0.602. The number of hydrogen-bond donors (Lipinski definition) is 0. The summed E-state index contributed by atoms with van der Waals surface area (Å²) in [6, 6.07) is 12.1. The van der Waals surface area contributed by atoms with Gasteiger partial charge in [-0.1, -0.05) is 18.2 Å². The number of ether oxygens (including phenoxy) is 2. The Kier molecular flexibility index (Phi) is 5.22. The summed E-state index contributed by atoms with van der Waals surface area (Å²) < 4.78 is 12.1. The fourth-order valence-corrected chi connectivity index (χ4v) is 3.55. The molecule has 30 heavy (non-hydrogen) atoms. The summed E-state index contributed by atoms with van der Waals surface area (Å²) in [5.74, 6) is -0.687. The van der Waals surface area contributed by atoms with E-state index in [0.29, 0.717) is 22.8 Å². The van der Waals surface area contributed by atoms with Crippen LogP contribution >= 0.6 is 0 Å². The summed E-state index contributed by atoms with van der Waals surface area (Å²) in [5.41, 5.74) is 2.17. The number of para-hydroxylation sites is 2. The van der Waals surface area contributed by atoms with Gasteiger partial charge < -0.3 is 14.4 Å². The Morgan fingerprint density at radius 2 is 2.00 bits per heavy atom. The molecule has 1 fully saturated rings. The van der Waals surface area contributed by atoms with Crippen LogP contribution in [0.15, 0.2) is 53.5 Å². The molecule has 1 aliphatic rings. The van der Waals surface area contributed by atoms with Crippen LogP contribution in [0.4, 0.5) is 5.69 Å². The molecule has 154 valence electrons. The molecule has 0 saturated carbocycles. The first-order valence-electron chi connectivity index (χ1n) is 9.55. The van der Waals surface area contributed by atoms with Crippen molar-refractivity contribution >= 4 is 23.2 Å². The number of aromatic nitrogens is 2. The fraction of sp³-hybridized carbons (Fsp3) is 0.273. The van der Waals surface area contributed by atoms with E-state index in [1.54, 1.807) is 24.4 Å². The van der Waals surface area contributed by atoms with Crippen molar-refractivity contribution in [3.8, 4) is 5.75 Å². The highest BCUT2D eigenvalue weighted by Crippen LogP contribution is 2.33. The van der Waals surface area contributed by atoms with Gasteiger partial charge in [0.25, 0.3) is 5.56 Å². The normalized spacial score (nSPS) is 16.1. The lowest BCUT2D eigenvalue weighted by Gasteiger charge is -2.19. The topological polar surface area (TPSA) is 90.2 Å². The lowest BCUT2D eigenvalue weighted by Crippen LogP contribution is -2.27. The van der Waals surface area contributed by atoms with E-state index < -0.39 is 11.9 Å². The van der Waals surface area contributed by atoms with Crippen molar-refractivity contribution in [3.63, 3.8) is 0 Å². The molecule has 3 aromatic rings. The molecular weight excluding hydrogens is 386 g/mol. The number of esters is 1. The van der Waals surface area contributed by atoms with E-state index in [2.05, 4.69) is 4.98 Å². The van der Waals surface area contributed by atoms with Gasteiger partial charge in [0.2, 0.25) is 5.91 Å². The van der Waals surface area contributed by atoms with Crippen LogP contribution < -0.4 is 15.2 Å². The molecule has 0 bridgehead atoms. The molecule has 3 heterocycles. The van der Waals surface area contributed by atoms with Gasteiger partial charge in [-0.05, 0) is 30.7 Å². The highest BCUT2D eigenvalue weighted by Gasteiger charge is 2.37. The molecule has 8 heteroatoms. The average molecular weight is 407 g/mol. The van der Waals surface area contributed by atoms with Crippen LogP contribution in [0, 0.1) is 12.8 Å². The van der Waals surface area contributed by atoms with Crippen molar-refractivity contribution in [2.45, 2.75) is 20.0 Å². The minimum atomic E-state index is -0.591. The SMILES string of the molecule is COc1ccccc1N1CC(C(=O)OCc2cc(=O)n3cc(C)ccc3n2)CC1=O. The van der Waals surface area contributed by atoms with Crippen molar-refractivity contribution in [3.05, 3.63) is 70.3 Å². The second-order valence-electron chi connectivity index (χ2n) is 7.21. The maximum Gasteiger partial charge on any atom is 0.311 e. The molecule has 1 amide bonds. The van der Waals surface area contributed by atoms with E-state index in [-0.39, 0.29) is 31.0 Å². The number of fused-ring (bicyclic) bond motifs is 1. The molecular formula is C22H21N3O5. The molecule has 0 spiro atoms. The van der Waals surface area contributed by atoms with Crippen LogP contribution in [0.25, 0.3) is 5.65 Å². The Balaban J connectivity index is 1.45. The number of hydrogen-bond acceptors (Lipinski definition) is 6. The molecule has 1 aromatic carbocycles. The predicted octanol–water partition coefficient (Wildman–Crippen LogP) is 2.11. The maximum atomic E-state index is 12.5. The lowest BCUT2D eigenvalue weighted by atomic mass is 10.1. The average Bonchev–Trinajstić information content (AvgIpc) is 3.14. The van der Waals surface area contributed by atoms with Gasteiger partial charge in [-0.25, -0.2) is 4.98 Å². The zero-order chi connectivity index (χ0) is 21.3. The van der Waals surface area contributed by atoms with E-state index in [9.17, 15) is 14.4 Å². The molecule has 0 radical (unpaired) electrons. The van der Waals surface area contributed by atoms with Crippen LogP contribution in [0.1, 0.15) is 17.7 Å². The lowest BCUT2D eigenvalue weighted by molar-refractivity contribution is -0.149. The van der Waals surface area contributed by atoms with Gasteiger partial charge in [0.15, 0.2) is 0 Å². The number of aryl methyl sites for hydroxylation is 1. The van der Waals surface area contributed by atoms with Crippen LogP contribution in [-0.4, -0.2) is 34.9 Å². The third kappa shape index (κ3) is 3.76. The summed E-state index contributed by atoms with van der Waals surface area (Å²) in [5, 5.41) is 0. The second kappa shape index (κ2) is 7.98. The largest absolute Gasteiger partial charge is 0.495 e. The van der Waals surface area contributed by atoms with Gasteiger partial charge in [0, 0.05) is 25.2 Å². The minimum Gasteiger partial charge on any atom is -0.495 e. The summed E-state index contributed by atoms with van der Waals surface area (Å²) in [6.07, 6.45) is 1.76. The zero-order valence-electron chi connectivity index (χ0n) is 16.7. The molecule has 0 aliphatic carbocycles. The van der Waals surface area contributed by atoms with Gasteiger partial charge in [-0.3, -0.25) is 18.8 Å². The molecule has 1 atom stereocenters. The second-order valence-corrected chi connectivity index (χ2v) is 7.21. The Morgan fingerprint density at radius 3 is 2.80 bits per heavy atom. The van der Waals surface area contributed by atoms with Crippen LogP contribution in [0.3, 0.4) is 0 Å². The highest BCUT2D eigenvalue weighted by atomic mass is 16.5. The number of carbonyl (C=O) groups excluding carboxylic acids is 2. The molecule has 1 aliphatic heterocycles. The van der Waals surface area contributed by atoms with Crippen molar-refractivity contribution in [1.29, 1.82) is 0 Å². The number of rotatable bonds is 5. The molecule has 2 aromatic heterocycles. The first kappa shape index (κ1) is 19.6. The Hall–Kier alpha value is -3.68. The van der Waals surface area contributed by atoms with E-state index in [4.69, 9.17) is 9.47 Å². The number of amides is 1. The highest BCUT2D eigenvalue weighted by molar-refractivity contribution is 6.00. The number of pyridine rings is 1. The van der Waals surface area contributed by atoms with E-state index in [1.165, 1.54) is 22.5 Å². The van der Waals surface area contributed by atoms with Crippen molar-refractivity contribution in [1.82, 2.24) is 9.38 Å². The molecule has 1 saturated heterocycles. The summed E-state index contributed by atoms with van der Waals surface area (Å²) in [4.78, 5) is 43.2. The number of benzene rings is 1. The third-order valence-electron chi connectivity index (χ3n) is 5.06. The van der Waals surface area contributed by atoms with Crippen molar-refractivity contribution < 1.29 is 19.1 Å². The smallest absolute Gasteiger partial charge is 0.311 e. The summed E-state index contributed by atoms with van der Waals surface area (Å²) in [7, 11) is 1.53. The Morgan fingerprint density at radius 1 is 1.20 bits per heavy atom. The molecule has 1 unspecified atom stereocenters. The molecule has 0 N–H and O–H groups in total. The minimum absolute atomic E-state index is 0.0595. The monoisotopic (exact) mass is 407 g/mol. The first-order valence-corrected chi connectivity index (χ1v) is 9.55. The Labute approximate surface area is 172 Å². The number of methoxy groups -OCH3 is 1. The van der Waals surface area contributed by atoms with E-state index in [0.717, 1.165) is 5.56 Å². The van der Waals surface area contributed by atoms with Gasteiger partial charge in [0.05, 0.1) is 24.4 Å². The van der Waals surface area contributed by atoms with Gasteiger partial charge in [-0.15, -0.1) is 0 Å². The standard InChI is InChI=1S/C22H21N3O5/c1-14-7-8-19-23-16(10-21(27)25(19)11-14)13-30-22(28)15-9-20(26)24(12-15)17-5-3-4-6-18(17)29-2/h3-8,10-11,15H,9,12-13H2,1-2H3. The van der Waals surface area contributed by atoms with Gasteiger partial charge >= 0.3 is 5.97 Å². The number of anilines is 1. The number of carbonyl (C=O) groups is 2. The van der Waals surface area contributed by atoms with Crippen LogP contribution in [0.5, 0.6) is 5.75 Å². The number of nitrogens with zero attached hydrogens (tertiary/aromatic N) is 3. The third-order valence-corrected chi connectivity index (χ3v) is 5.06. The van der Waals surface area contributed by atoms with Crippen LogP contribution in [-0.2, 0) is 20.9 Å². The molecule has 8 nitrogen and oxygen atoms in total. The zero-order valence-corrected chi connectivity index (χ0v) is 16.7. The van der Waals surface area contributed by atoms with Crippen LogP contribution in [0.2, 0.25) is 0 Å². The van der Waals surface area contributed by atoms with Gasteiger partial charge in [-0.2, -0.15) is 0 Å². The molecule has 4 rings (SSSR count). The van der Waals surface area contributed by atoms with Crippen molar-refractivity contribution in [2.75, 3.05) is 18.6 Å². The fourth-order valence-electron chi connectivity index (χ4n) is 3.55. The first-order chi connectivity index (χ1) is 14.5. The summed E-state index contributed by atoms with van der Waals surface area (Å²) >= 11 is 0. The van der Waals surface area contributed by atoms with E-state index in [1.807, 2.05) is 25.1 Å². The predicted molar refractivity (Wildman–Crippen MR) is 109 cm³/mol. The van der Waals surface area contributed by atoms with Gasteiger partial charge in [0.1, 0.15) is 18.0 Å². The van der Waals surface area contributed by atoms with Crippen molar-refractivity contribution in [2.24, 2.45) is 5.92 Å².